The Balaban J connectivity index is 2.71. The van der Waals surface area contributed by atoms with Gasteiger partial charge in [-0.05, 0) is 36.6 Å². The minimum atomic E-state index is -0.199. The van der Waals surface area contributed by atoms with E-state index in [9.17, 15) is 4.79 Å². The number of nitriles is 1. The molecule has 0 N–H and O–H groups in total. The van der Waals surface area contributed by atoms with Crippen LogP contribution in [-0.4, -0.2) is 12.6 Å². The molecule has 0 saturated carbocycles. The molecule has 0 amide bonds. The van der Waals surface area contributed by atoms with Crippen molar-refractivity contribution in [3.05, 3.63) is 33.8 Å². The minimum Gasteiger partial charge on any atom is -0.466 e. The quantitative estimate of drug-likeness (QED) is 0.785. The highest BCUT2D eigenvalue weighted by atomic mass is 79.9. The molecule has 1 aromatic carbocycles. The van der Waals surface area contributed by atoms with Gasteiger partial charge in [-0.25, -0.2) is 0 Å². The second-order valence-electron chi connectivity index (χ2n) is 3.55. The molecular weight excluding hydrogens is 282 g/mol. The Bertz CT molecular complexity index is 438. The predicted molar refractivity (Wildman–Crippen MR) is 68.4 cm³/mol. The van der Waals surface area contributed by atoms with Crippen molar-refractivity contribution in [1.29, 1.82) is 5.26 Å². The molecule has 0 atom stereocenters. The highest BCUT2D eigenvalue weighted by molar-refractivity contribution is 9.10. The number of carbonyl (C=O) groups excluding carboxylic acids is 1. The summed E-state index contributed by atoms with van der Waals surface area (Å²) in [5.74, 6) is -0.199. The van der Waals surface area contributed by atoms with Crippen molar-refractivity contribution in [2.75, 3.05) is 6.61 Å². The lowest BCUT2D eigenvalue weighted by molar-refractivity contribution is -0.143. The van der Waals surface area contributed by atoms with E-state index in [2.05, 4.69) is 22.0 Å². The van der Waals surface area contributed by atoms with Gasteiger partial charge in [0, 0.05) is 10.9 Å². The lowest BCUT2D eigenvalue weighted by atomic mass is 10.0. The molecule has 3 nitrogen and oxygen atoms in total. The van der Waals surface area contributed by atoms with Crippen LogP contribution < -0.4 is 0 Å². The van der Waals surface area contributed by atoms with Crippen LogP contribution in [0.25, 0.3) is 0 Å². The Morgan fingerprint density at radius 1 is 1.47 bits per heavy atom. The molecule has 0 heterocycles. The van der Waals surface area contributed by atoms with Crippen LogP contribution in [0.15, 0.2) is 22.7 Å². The summed E-state index contributed by atoms with van der Waals surface area (Å²) in [6, 6.07) is 7.89. The standard InChI is InChI=1S/C13H14BrNO2/c1-2-17-13(16)6-4-11-9-12(14)5-3-10(11)7-8-15/h3,5,9H,2,4,6-7H2,1H3. The Kier molecular flexibility index (Phi) is 5.71. The van der Waals surface area contributed by atoms with Gasteiger partial charge in [0.1, 0.15) is 0 Å². The number of carbonyl (C=O) groups is 1. The van der Waals surface area contributed by atoms with Gasteiger partial charge in [0.2, 0.25) is 0 Å². The van der Waals surface area contributed by atoms with Crippen molar-refractivity contribution in [2.24, 2.45) is 0 Å². The third-order valence-corrected chi connectivity index (χ3v) is 2.83. The van der Waals surface area contributed by atoms with Gasteiger partial charge in [-0.2, -0.15) is 5.26 Å². The van der Waals surface area contributed by atoms with E-state index in [-0.39, 0.29) is 5.97 Å². The highest BCUT2D eigenvalue weighted by Crippen LogP contribution is 2.18. The smallest absolute Gasteiger partial charge is 0.306 e. The Morgan fingerprint density at radius 3 is 2.88 bits per heavy atom. The van der Waals surface area contributed by atoms with Crippen LogP contribution in [-0.2, 0) is 22.4 Å². The fourth-order valence-corrected chi connectivity index (χ4v) is 1.96. The molecule has 0 unspecified atom stereocenters. The van der Waals surface area contributed by atoms with Crippen LogP contribution in [0.2, 0.25) is 0 Å². The number of esters is 1. The summed E-state index contributed by atoms with van der Waals surface area (Å²) in [6.45, 7) is 2.19. The van der Waals surface area contributed by atoms with Crippen LogP contribution in [0.5, 0.6) is 0 Å². The van der Waals surface area contributed by atoms with Gasteiger partial charge in [-0.15, -0.1) is 0 Å². The monoisotopic (exact) mass is 295 g/mol. The average molecular weight is 296 g/mol. The number of hydrogen-bond acceptors (Lipinski definition) is 3. The summed E-state index contributed by atoms with van der Waals surface area (Å²) in [5.41, 5.74) is 1.99. The Labute approximate surface area is 110 Å². The molecule has 0 aliphatic carbocycles. The summed E-state index contributed by atoms with van der Waals surface area (Å²) < 4.78 is 5.83. The molecule has 0 spiro atoms. The lowest BCUT2D eigenvalue weighted by Gasteiger charge is -2.07. The van der Waals surface area contributed by atoms with Crippen molar-refractivity contribution in [1.82, 2.24) is 0 Å². The number of aryl methyl sites for hydroxylation is 1. The van der Waals surface area contributed by atoms with E-state index in [4.69, 9.17) is 10.00 Å². The molecule has 0 radical (unpaired) electrons. The maximum Gasteiger partial charge on any atom is 0.306 e. The first-order chi connectivity index (χ1) is 8.17. The SMILES string of the molecule is CCOC(=O)CCc1cc(Br)ccc1CC#N. The van der Waals surface area contributed by atoms with Crippen molar-refractivity contribution < 1.29 is 9.53 Å². The fraction of sp³-hybridized carbons (Fsp3) is 0.385. The fourth-order valence-electron chi connectivity index (χ4n) is 1.55. The second-order valence-corrected chi connectivity index (χ2v) is 4.47. The van der Waals surface area contributed by atoms with E-state index in [1.54, 1.807) is 6.92 Å². The van der Waals surface area contributed by atoms with E-state index in [1.165, 1.54) is 0 Å². The molecule has 0 fully saturated rings. The molecule has 1 rings (SSSR count). The van der Waals surface area contributed by atoms with Crippen LogP contribution in [0.3, 0.4) is 0 Å². The van der Waals surface area contributed by atoms with Crippen molar-refractivity contribution >= 4 is 21.9 Å². The molecular formula is C13H14BrNO2. The third kappa shape index (κ3) is 4.58. The maximum atomic E-state index is 11.3. The van der Waals surface area contributed by atoms with Gasteiger partial charge in [-0.3, -0.25) is 4.79 Å². The topological polar surface area (TPSA) is 50.1 Å². The van der Waals surface area contributed by atoms with Crippen LogP contribution in [0.4, 0.5) is 0 Å². The summed E-state index contributed by atoms with van der Waals surface area (Å²) >= 11 is 3.39. The zero-order valence-electron chi connectivity index (χ0n) is 9.70. The van der Waals surface area contributed by atoms with E-state index >= 15 is 0 Å². The van der Waals surface area contributed by atoms with Crippen LogP contribution in [0.1, 0.15) is 24.5 Å². The summed E-state index contributed by atoms with van der Waals surface area (Å²) in [7, 11) is 0. The summed E-state index contributed by atoms with van der Waals surface area (Å²) in [5, 5.41) is 8.72. The van der Waals surface area contributed by atoms with Gasteiger partial charge < -0.3 is 4.74 Å². The third-order valence-electron chi connectivity index (χ3n) is 2.34. The van der Waals surface area contributed by atoms with E-state index < -0.39 is 0 Å². The maximum absolute atomic E-state index is 11.3. The normalized spacial score (nSPS) is 9.71. The number of rotatable bonds is 5. The average Bonchev–Trinajstić information content (AvgIpc) is 2.30. The number of nitrogens with zero attached hydrogens (tertiary/aromatic N) is 1. The second kappa shape index (κ2) is 7.08. The molecule has 1 aromatic rings. The first-order valence-electron chi connectivity index (χ1n) is 5.47. The van der Waals surface area contributed by atoms with Crippen molar-refractivity contribution in [3.63, 3.8) is 0 Å². The number of ether oxygens (including phenoxy) is 1. The molecule has 0 aromatic heterocycles. The molecule has 4 heteroatoms. The van der Waals surface area contributed by atoms with E-state index in [0.29, 0.717) is 25.9 Å². The van der Waals surface area contributed by atoms with E-state index in [0.717, 1.165) is 15.6 Å². The molecule has 17 heavy (non-hydrogen) atoms. The summed E-state index contributed by atoms with van der Waals surface area (Å²) in [6.07, 6.45) is 1.32. The molecule has 0 aliphatic rings. The first kappa shape index (κ1) is 13.7. The summed E-state index contributed by atoms with van der Waals surface area (Å²) in [4.78, 5) is 11.3. The number of halogens is 1. The molecule has 0 bridgehead atoms. The Hall–Kier alpha value is -1.34. The predicted octanol–water partition coefficient (Wildman–Crippen LogP) is 3.01. The number of hydrogen-bond donors (Lipinski definition) is 0. The van der Waals surface area contributed by atoms with Crippen LogP contribution >= 0.6 is 15.9 Å². The first-order valence-corrected chi connectivity index (χ1v) is 6.26. The zero-order chi connectivity index (χ0) is 12.7. The minimum absolute atomic E-state index is 0.199. The van der Waals surface area contributed by atoms with Crippen molar-refractivity contribution in [3.8, 4) is 6.07 Å². The molecule has 0 saturated heterocycles. The van der Waals surface area contributed by atoms with Gasteiger partial charge in [-0.1, -0.05) is 22.0 Å². The zero-order valence-corrected chi connectivity index (χ0v) is 11.3. The van der Waals surface area contributed by atoms with Gasteiger partial charge in [0.15, 0.2) is 0 Å². The van der Waals surface area contributed by atoms with Crippen LogP contribution in [0, 0.1) is 11.3 Å². The van der Waals surface area contributed by atoms with Gasteiger partial charge in [0.25, 0.3) is 0 Å². The van der Waals surface area contributed by atoms with Gasteiger partial charge >= 0.3 is 5.97 Å². The van der Waals surface area contributed by atoms with Gasteiger partial charge in [0.05, 0.1) is 19.1 Å². The lowest BCUT2D eigenvalue weighted by Crippen LogP contribution is -2.06. The number of benzene rings is 1. The highest BCUT2D eigenvalue weighted by Gasteiger charge is 2.07. The van der Waals surface area contributed by atoms with Crippen molar-refractivity contribution in [2.45, 2.75) is 26.2 Å². The Morgan fingerprint density at radius 2 is 2.24 bits per heavy atom. The largest absolute Gasteiger partial charge is 0.466 e. The molecule has 90 valence electrons. The molecule has 0 aliphatic heterocycles. The van der Waals surface area contributed by atoms with E-state index in [1.807, 2.05) is 18.2 Å².